The highest BCUT2D eigenvalue weighted by atomic mass is 16.5. The highest BCUT2D eigenvalue weighted by Gasteiger charge is 2.46. The summed E-state index contributed by atoms with van der Waals surface area (Å²) >= 11 is 0. The Morgan fingerprint density at radius 2 is 2.24 bits per heavy atom. The van der Waals surface area contributed by atoms with Gasteiger partial charge < -0.3 is 19.7 Å². The Balaban J connectivity index is 2.83. The van der Waals surface area contributed by atoms with E-state index in [2.05, 4.69) is 20.4 Å². The van der Waals surface area contributed by atoms with Gasteiger partial charge in [-0.25, -0.2) is 0 Å². The number of aliphatic hydroxyl groups is 2. The summed E-state index contributed by atoms with van der Waals surface area (Å²) in [5, 5.41) is 18.7. The van der Waals surface area contributed by atoms with Crippen LogP contribution in [0, 0.1) is 5.41 Å². The standard InChI is InChI=1S/C13H24O4/c1-5-6-11-13(2,3)12(16-4)7-10(17-11)9(15)8-14/h5,9-12,14-15H,1,6-8H2,2-4H3/t9-,10+,11+,12+/m0/s1. The quantitative estimate of drug-likeness (QED) is 0.711. The number of hydrogen-bond donors (Lipinski definition) is 2. The SMILES string of the molecule is C=CC[C@H]1O[C@@H]([C@@H](O)CO)C[C@@H](OC)C1(C)C. The molecule has 0 saturated carbocycles. The maximum atomic E-state index is 9.70. The lowest BCUT2D eigenvalue weighted by Gasteiger charge is -2.47. The van der Waals surface area contributed by atoms with Gasteiger partial charge in [0.1, 0.15) is 6.10 Å². The van der Waals surface area contributed by atoms with Gasteiger partial charge in [-0.05, 0) is 6.42 Å². The summed E-state index contributed by atoms with van der Waals surface area (Å²) < 4.78 is 11.4. The van der Waals surface area contributed by atoms with E-state index in [1.807, 2.05) is 6.08 Å². The second-order valence-electron chi connectivity index (χ2n) is 5.22. The zero-order valence-corrected chi connectivity index (χ0v) is 10.9. The van der Waals surface area contributed by atoms with E-state index in [0.29, 0.717) is 12.8 Å². The summed E-state index contributed by atoms with van der Waals surface area (Å²) in [7, 11) is 1.67. The number of aliphatic hydroxyl groups excluding tert-OH is 2. The predicted molar refractivity (Wildman–Crippen MR) is 65.8 cm³/mol. The fourth-order valence-corrected chi connectivity index (χ4v) is 2.44. The molecule has 0 aromatic carbocycles. The average Bonchev–Trinajstić information content (AvgIpc) is 2.30. The van der Waals surface area contributed by atoms with Crippen LogP contribution in [0.5, 0.6) is 0 Å². The lowest BCUT2D eigenvalue weighted by Crippen LogP contribution is -2.54. The maximum Gasteiger partial charge on any atom is 0.103 e. The van der Waals surface area contributed by atoms with Crippen molar-refractivity contribution in [2.75, 3.05) is 13.7 Å². The first kappa shape index (κ1) is 14.6. The monoisotopic (exact) mass is 244 g/mol. The van der Waals surface area contributed by atoms with Crippen molar-refractivity contribution >= 4 is 0 Å². The summed E-state index contributed by atoms with van der Waals surface area (Å²) in [6, 6.07) is 0. The van der Waals surface area contributed by atoms with Crippen LogP contribution in [-0.4, -0.2) is 48.3 Å². The van der Waals surface area contributed by atoms with Crippen molar-refractivity contribution in [3.05, 3.63) is 12.7 Å². The Labute approximate surface area is 103 Å². The van der Waals surface area contributed by atoms with E-state index >= 15 is 0 Å². The molecule has 4 heteroatoms. The second-order valence-corrected chi connectivity index (χ2v) is 5.22. The minimum Gasteiger partial charge on any atom is -0.394 e. The summed E-state index contributed by atoms with van der Waals surface area (Å²) in [5.41, 5.74) is -0.130. The van der Waals surface area contributed by atoms with Crippen molar-refractivity contribution in [2.45, 2.75) is 51.1 Å². The van der Waals surface area contributed by atoms with Crippen molar-refractivity contribution in [1.82, 2.24) is 0 Å². The molecule has 1 saturated heterocycles. The first-order chi connectivity index (χ1) is 7.97. The van der Waals surface area contributed by atoms with Crippen LogP contribution in [0.25, 0.3) is 0 Å². The molecule has 100 valence electrons. The molecule has 0 radical (unpaired) electrons. The van der Waals surface area contributed by atoms with Crippen molar-refractivity contribution < 1.29 is 19.7 Å². The Bertz CT molecular complexity index is 252. The number of ether oxygens (including phenoxy) is 2. The molecule has 0 aromatic heterocycles. The molecule has 0 aliphatic carbocycles. The Morgan fingerprint density at radius 3 is 2.71 bits per heavy atom. The third-order valence-corrected chi connectivity index (χ3v) is 3.73. The summed E-state index contributed by atoms with van der Waals surface area (Å²) in [4.78, 5) is 0. The van der Waals surface area contributed by atoms with Gasteiger partial charge in [-0.1, -0.05) is 19.9 Å². The van der Waals surface area contributed by atoms with E-state index in [1.165, 1.54) is 0 Å². The molecule has 4 atom stereocenters. The van der Waals surface area contributed by atoms with Crippen molar-refractivity contribution in [1.29, 1.82) is 0 Å². The van der Waals surface area contributed by atoms with Gasteiger partial charge in [-0.3, -0.25) is 0 Å². The minimum absolute atomic E-state index is 0.00685. The van der Waals surface area contributed by atoms with E-state index in [4.69, 9.17) is 14.6 Å². The normalized spacial score (nSPS) is 34.3. The van der Waals surface area contributed by atoms with Crippen molar-refractivity contribution in [3.8, 4) is 0 Å². The predicted octanol–water partition coefficient (Wildman–Crippen LogP) is 1.11. The van der Waals surface area contributed by atoms with Crippen LogP contribution in [0.2, 0.25) is 0 Å². The van der Waals surface area contributed by atoms with Crippen molar-refractivity contribution in [2.24, 2.45) is 5.41 Å². The Kier molecular flexibility index (Phi) is 5.13. The van der Waals surface area contributed by atoms with Gasteiger partial charge in [-0.2, -0.15) is 0 Å². The molecule has 17 heavy (non-hydrogen) atoms. The van der Waals surface area contributed by atoms with Crippen molar-refractivity contribution in [3.63, 3.8) is 0 Å². The van der Waals surface area contributed by atoms with Gasteiger partial charge in [0.2, 0.25) is 0 Å². The summed E-state index contributed by atoms with van der Waals surface area (Å²) in [6.07, 6.45) is 1.85. The van der Waals surface area contributed by atoms with Crippen LogP contribution in [0.4, 0.5) is 0 Å². The van der Waals surface area contributed by atoms with Crippen LogP contribution >= 0.6 is 0 Å². The third-order valence-electron chi connectivity index (χ3n) is 3.73. The summed E-state index contributed by atoms with van der Waals surface area (Å²) in [6.45, 7) is 7.63. The zero-order valence-electron chi connectivity index (χ0n) is 10.9. The summed E-state index contributed by atoms with van der Waals surface area (Å²) in [5.74, 6) is 0. The molecule has 0 bridgehead atoms. The molecule has 0 amide bonds. The first-order valence-electron chi connectivity index (χ1n) is 6.05. The molecule has 0 unspecified atom stereocenters. The van der Waals surface area contributed by atoms with E-state index in [0.717, 1.165) is 0 Å². The molecular weight excluding hydrogens is 220 g/mol. The molecule has 4 nitrogen and oxygen atoms in total. The average molecular weight is 244 g/mol. The zero-order chi connectivity index (χ0) is 13.1. The van der Waals surface area contributed by atoms with Crippen LogP contribution < -0.4 is 0 Å². The van der Waals surface area contributed by atoms with E-state index in [9.17, 15) is 5.11 Å². The molecule has 1 rings (SSSR count). The molecule has 1 aliphatic rings. The topological polar surface area (TPSA) is 58.9 Å². The number of rotatable bonds is 5. The van der Waals surface area contributed by atoms with Gasteiger partial charge in [0, 0.05) is 18.9 Å². The Hall–Kier alpha value is -0.420. The van der Waals surface area contributed by atoms with Gasteiger partial charge >= 0.3 is 0 Å². The molecule has 0 spiro atoms. The Morgan fingerprint density at radius 1 is 1.59 bits per heavy atom. The van der Waals surface area contributed by atoms with Gasteiger partial charge in [0.05, 0.1) is 24.9 Å². The lowest BCUT2D eigenvalue weighted by molar-refractivity contribution is -0.207. The second kappa shape index (κ2) is 5.96. The fraction of sp³-hybridized carbons (Fsp3) is 0.846. The molecule has 1 aliphatic heterocycles. The first-order valence-corrected chi connectivity index (χ1v) is 6.05. The number of methoxy groups -OCH3 is 1. The number of hydrogen-bond acceptors (Lipinski definition) is 4. The van der Waals surface area contributed by atoms with E-state index < -0.39 is 6.10 Å². The molecule has 0 aromatic rings. The largest absolute Gasteiger partial charge is 0.394 e. The highest BCUT2D eigenvalue weighted by molar-refractivity contribution is 4.97. The maximum absolute atomic E-state index is 9.70. The molecular formula is C13H24O4. The highest BCUT2D eigenvalue weighted by Crippen LogP contribution is 2.40. The van der Waals surface area contributed by atoms with Crippen LogP contribution in [-0.2, 0) is 9.47 Å². The fourth-order valence-electron chi connectivity index (χ4n) is 2.44. The van der Waals surface area contributed by atoms with Gasteiger partial charge in [-0.15, -0.1) is 6.58 Å². The molecule has 1 heterocycles. The van der Waals surface area contributed by atoms with Crippen LogP contribution in [0.3, 0.4) is 0 Å². The molecule has 1 fully saturated rings. The van der Waals surface area contributed by atoms with Gasteiger partial charge in [0.15, 0.2) is 0 Å². The van der Waals surface area contributed by atoms with Gasteiger partial charge in [0.25, 0.3) is 0 Å². The smallest absolute Gasteiger partial charge is 0.103 e. The van der Waals surface area contributed by atoms with E-state index in [-0.39, 0.29) is 30.3 Å². The lowest BCUT2D eigenvalue weighted by atomic mass is 9.74. The van der Waals surface area contributed by atoms with Crippen LogP contribution in [0.1, 0.15) is 26.7 Å². The minimum atomic E-state index is -0.851. The van der Waals surface area contributed by atoms with E-state index in [1.54, 1.807) is 7.11 Å². The van der Waals surface area contributed by atoms with Crippen LogP contribution in [0.15, 0.2) is 12.7 Å². The third kappa shape index (κ3) is 3.07. The molecule has 2 N–H and O–H groups in total.